The average Bonchev–Trinajstić information content (AvgIpc) is 3.04. The molecule has 1 heterocycles. The number of likely N-dealkylation sites (N-methyl/N-ethyl adjacent to an activating group) is 1. The third-order valence-corrected chi connectivity index (χ3v) is 5.10. The molecular formula is C18H28N2O. The first kappa shape index (κ1) is 14.9. The Hall–Kier alpha value is -1.06. The van der Waals surface area contributed by atoms with E-state index in [9.17, 15) is 0 Å². The number of nitrogens with one attached hydrogen (secondary N) is 1. The predicted octanol–water partition coefficient (Wildman–Crippen LogP) is 3.15. The fourth-order valence-corrected chi connectivity index (χ4v) is 3.94. The molecule has 21 heavy (non-hydrogen) atoms. The van der Waals surface area contributed by atoms with Crippen LogP contribution in [0.5, 0.6) is 5.75 Å². The van der Waals surface area contributed by atoms with Crippen molar-refractivity contribution in [2.75, 3.05) is 26.7 Å². The van der Waals surface area contributed by atoms with E-state index >= 15 is 0 Å². The third-order valence-electron chi connectivity index (χ3n) is 5.10. The van der Waals surface area contributed by atoms with Gasteiger partial charge in [-0.1, -0.05) is 13.0 Å². The molecule has 3 nitrogen and oxygen atoms in total. The van der Waals surface area contributed by atoms with E-state index in [2.05, 4.69) is 35.3 Å². The van der Waals surface area contributed by atoms with Crippen LogP contribution in [0.25, 0.3) is 0 Å². The van der Waals surface area contributed by atoms with Gasteiger partial charge in [0.25, 0.3) is 0 Å². The SMILES string of the molecule is CCN(CC1CCCN1)C1CCCc2cc(OC)ccc21. The van der Waals surface area contributed by atoms with Crippen molar-refractivity contribution >= 4 is 0 Å². The molecule has 1 aliphatic carbocycles. The standard InChI is InChI=1S/C18H28N2O/c1-3-20(13-15-7-5-11-19-15)18-8-4-6-14-12-16(21-2)9-10-17(14)18/h9-10,12,15,18-19H,3-8,11,13H2,1-2H3. The van der Waals surface area contributed by atoms with Crippen LogP contribution in [0.2, 0.25) is 0 Å². The van der Waals surface area contributed by atoms with Crippen LogP contribution < -0.4 is 10.1 Å². The van der Waals surface area contributed by atoms with Gasteiger partial charge in [-0.15, -0.1) is 0 Å². The Morgan fingerprint density at radius 3 is 2.90 bits per heavy atom. The molecule has 1 N–H and O–H groups in total. The molecule has 3 rings (SSSR count). The molecule has 2 unspecified atom stereocenters. The predicted molar refractivity (Wildman–Crippen MR) is 86.9 cm³/mol. The summed E-state index contributed by atoms with van der Waals surface area (Å²) in [4.78, 5) is 2.67. The molecule has 1 aromatic carbocycles. The van der Waals surface area contributed by atoms with Gasteiger partial charge in [-0.05, 0) is 68.5 Å². The first-order valence-corrected chi connectivity index (χ1v) is 8.46. The molecule has 0 saturated carbocycles. The zero-order valence-electron chi connectivity index (χ0n) is 13.4. The van der Waals surface area contributed by atoms with Crippen LogP contribution in [0.1, 0.15) is 49.8 Å². The first-order valence-electron chi connectivity index (χ1n) is 8.46. The van der Waals surface area contributed by atoms with Gasteiger partial charge in [-0.3, -0.25) is 4.90 Å². The van der Waals surface area contributed by atoms with Crippen molar-refractivity contribution in [3.63, 3.8) is 0 Å². The summed E-state index contributed by atoms with van der Waals surface area (Å²) in [6.07, 6.45) is 6.45. The van der Waals surface area contributed by atoms with Gasteiger partial charge in [0.1, 0.15) is 5.75 Å². The van der Waals surface area contributed by atoms with Crippen LogP contribution in [0.3, 0.4) is 0 Å². The number of rotatable bonds is 5. The summed E-state index contributed by atoms with van der Waals surface area (Å²) >= 11 is 0. The molecule has 2 atom stereocenters. The molecule has 0 bridgehead atoms. The van der Waals surface area contributed by atoms with Gasteiger partial charge in [-0.2, -0.15) is 0 Å². The Labute approximate surface area is 128 Å². The Balaban J connectivity index is 1.78. The van der Waals surface area contributed by atoms with E-state index in [4.69, 9.17) is 4.74 Å². The maximum absolute atomic E-state index is 5.39. The molecule has 3 heteroatoms. The van der Waals surface area contributed by atoms with E-state index in [0.29, 0.717) is 12.1 Å². The Kier molecular flexibility index (Phi) is 4.81. The average molecular weight is 288 g/mol. The summed E-state index contributed by atoms with van der Waals surface area (Å²) in [5.41, 5.74) is 3.02. The summed E-state index contributed by atoms with van der Waals surface area (Å²) < 4.78 is 5.39. The highest BCUT2D eigenvalue weighted by atomic mass is 16.5. The second-order valence-electron chi connectivity index (χ2n) is 6.35. The third kappa shape index (κ3) is 3.24. The number of nitrogens with zero attached hydrogens (tertiary/aromatic N) is 1. The quantitative estimate of drug-likeness (QED) is 0.901. The van der Waals surface area contributed by atoms with E-state index in [0.717, 1.165) is 12.3 Å². The molecule has 0 aromatic heterocycles. The van der Waals surface area contributed by atoms with E-state index in [1.165, 1.54) is 56.3 Å². The number of benzene rings is 1. The fourth-order valence-electron chi connectivity index (χ4n) is 3.94. The number of hydrogen-bond acceptors (Lipinski definition) is 3. The van der Waals surface area contributed by atoms with Crippen molar-refractivity contribution in [2.24, 2.45) is 0 Å². The van der Waals surface area contributed by atoms with E-state index in [1.807, 2.05) is 0 Å². The molecule has 2 aliphatic rings. The number of fused-ring (bicyclic) bond motifs is 1. The molecule has 0 radical (unpaired) electrons. The van der Waals surface area contributed by atoms with Crippen molar-refractivity contribution in [1.29, 1.82) is 0 Å². The van der Waals surface area contributed by atoms with Crippen LogP contribution in [0, 0.1) is 0 Å². The smallest absolute Gasteiger partial charge is 0.119 e. The molecular weight excluding hydrogens is 260 g/mol. The molecule has 0 amide bonds. The number of hydrogen-bond donors (Lipinski definition) is 1. The summed E-state index contributed by atoms with van der Waals surface area (Å²) in [5.74, 6) is 0.995. The highest BCUT2D eigenvalue weighted by molar-refractivity contribution is 5.39. The van der Waals surface area contributed by atoms with E-state index < -0.39 is 0 Å². The van der Waals surface area contributed by atoms with Gasteiger partial charge in [0.15, 0.2) is 0 Å². The van der Waals surface area contributed by atoms with Crippen molar-refractivity contribution in [3.8, 4) is 5.75 Å². The van der Waals surface area contributed by atoms with Gasteiger partial charge in [0, 0.05) is 18.6 Å². The minimum atomic E-state index is 0.590. The van der Waals surface area contributed by atoms with Crippen molar-refractivity contribution in [1.82, 2.24) is 10.2 Å². The number of ether oxygens (including phenoxy) is 1. The second-order valence-corrected chi connectivity index (χ2v) is 6.35. The lowest BCUT2D eigenvalue weighted by Crippen LogP contribution is -2.40. The van der Waals surface area contributed by atoms with Crippen LogP contribution in [0.4, 0.5) is 0 Å². The summed E-state index contributed by atoms with van der Waals surface area (Å²) in [6, 6.07) is 7.94. The summed E-state index contributed by atoms with van der Waals surface area (Å²) in [5, 5.41) is 3.64. The number of aryl methyl sites for hydroxylation is 1. The van der Waals surface area contributed by atoms with Gasteiger partial charge >= 0.3 is 0 Å². The normalized spacial score (nSPS) is 25.1. The highest BCUT2D eigenvalue weighted by Crippen LogP contribution is 2.36. The molecule has 0 spiro atoms. The van der Waals surface area contributed by atoms with E-state index in [1.54, 1.807) is 7.11 Å². The van der Waals surface area contributed by atoms with Gasteiger partial charge < -0.3 is 10.1 Å². The molecule has 1 fully saturated rings. The highest BCUT2D eigenvalue weighted by Gasteiger charge is 2.27. The van der Waals surface area contributed by atoms with E-state index in [-0.39, 0.29) is 0 Å². The zero-order chi connectivity index (χ0) is 14.7. The maximum Gasteiger partial charge on any atom is 0.119 e. The van der Waals surface area contributed by atoms with Crippen LogP contribution in [-0.4, -0.2) is 37.7 Å². The van der Waals surface area contributed by atoms with Gasteiger partial charge in [-0.25, -0.2) is 0 Å². The van der Waals surface area contributed by atoms with Crippen LogP contribution in [-0.2, 0) is 6.42 Å². The molecule has 116 valence electrons. The van der Waals surface area contributed by atoms with Crippen LogP contribution >= 0.6 is 0 Å². The Morgan fingerprint density at radius 2 is 2.19 bits per heavy atom. The Morgan fingerprint density at radius 1 is 1.29 bits per heavy atom. The van der Waals surface area contributed by atoms with Crippen LogP contribution in [0.15, 0.2) is 18.2 Å². The van der Waals surface area contributed by atoms with Gasteiger partial charge in [0.05, 0.1) is 7.11 Å². The second kappa shape index (κ2) is 6.80. The minimum Gasteiger partial charge on any atom is -0.497 e. The maximum atomic E-state index is 5.39. The Bertz CT molecular complexity index is 468. The van der Waals surface area contributed by atoms with Crippen molar-refractivity contribution in [2.45, 2.75) is 51.1 Å². The lowest BCUT2D eigenvalue weighted by Gasteiger charge is -2.36. The summed E-state index contributed by atoms with van der Waals surface area (Å²) in [7, 11) is 1.76. The number of methoxy groups -OCH3 is 1. The molecule has 1 aliphatic heterocycles. The first-order chi connectivity index (χ1) is 10.3. The monoisotopic (exact) mass is 288 g/mol. The lowest BCUT2D eigenvalue weighted by atomic mass is 9.86. The van der Waals surface area contributed by atoms with Gasteiger partial charge in [0.2, 0.25) is 0 Å². The fraction of sp³-hybridized carbons (Fsp3) is 0.667. The lowest BCUT2D eigenvalue weighted by molar-refractivity contribution is 0.172. The minimum absolute atomic E-state index is 0.590. The molecule has 1 saturated heterocycles. The summed E-state index contributed by atoms with van der Waals surface area (Å²) in [6.45, 7) is 5.81. The molecule has 1 aromatic rings. The topological polar surface area (TPSA) is 24.5 Å². The zero-order valence-corrected chi connectivity index (χ0v) is 13.4. The largest absolute Gasteiger partial charge is 0.497 e. The van der Waals surface area contributed by atoms with Crippen molar-refractivity contribution in [3.05, 3.63) is 29.3 Å². The van der Waals surface area contributed by atoms with Crippen molar-refractivity contribution < 1.29 is 4.74 Å².